The molecule has 0 amide bonds. The highest BCUT2D eigenvalue weighted by Gasteiger charge is 2.39. The number of alkyl halides is 2. The molecular weight excluding hydrogens is 393 g/mol. The predicted octanol–water partition coefficient (Wildman–Crippen LogP) is 4.81. The normalized spacial score (nSPS) is 19.7. The number of aliphatic hydroxyl groups is 1. The van der Waals surface area contributed by atoms with Crippen molar-refractivity contribution in [1.29, 1.82) is 0 Å². The molecule has 9 heteroatoms. The second kappa shape index (κ2) is 6.75. The first-order valence-electron chi connectivity index (χ1n) is 7.62. The van der Waals surface area contributed by atoms with Crippen LogP contribution in [0.2, 0.25) is 5.02 Å². The van der Waals surface area contributed by atoms with Crippen LogP contribution in [0.3, 0.4) is 0 Å². The van der Waals surface area contributed by atoms with Crippen molar-refractivity contribution in [2.45, 2.75) is 36.0 Å². The molecule has 3 rings (SSSR count). The second-order valence-corrected chi connectivity index (χ2v) is 8.38. The largest absolute Gasteiger partial charge is 0.457 e. The maximum Gasteiger partial charge on any atom is 0.341 e. The van der Waals surface area contributed by atoms with E-state index < -0.39 is 32.4 Å². The van der Waals surface area contributed by atoms with E-state index in [4.69, 9.17) is 16.3 Å². The summed E-state index contributed by atoms with van der Waals surface area (Å²) in [5.41, 5.74) is 0.206. The zero-order chi connectivity index (χ0) is 19.2. The van der Waals surface area contributed by atoms with Gasteiger partial charge in [-0.2, -0.15) is 8.78 Å². The SMILES string of the molecule is C[C@H]1C[C@@H](O)c2c(S(=O)(=O)C(F)F)ccc(Oc3cc(F)cc(Cl)c3)c21. The molecule has 0 aromatic heterocycles. The summed E-state index contributed by atoms with van der Waals surface area (Å²) in [6, 6.07) is 5.72. The Labute approximate surface area is 153 Å². The van der Waals surface area contributed by atoms with Crippen LogP contribution < -0.4 is 4.74 Å². The van der Waals surface area contributed by atoms with E-state index in [-0.39, 0.29) is 34.4 Å². The number of hydrogen-bond donors (Lipinski definition) is 1. The average Bonchev–Trinajstić information content (AvgIpc) is 2.82. The molecule has 0 bridgehead atoms. The zero-order valence-electron chi connectivity index (χ0n) is 13.4. The summed E-state index contributed by atoms with van der Waals surface area (Å²) in [4.78, 5) is -0.621. The van der Waals surface area contributed by atoms with E-state index in [0.29, 0.717) is 5.56 Å². The van der Waals surface area contributed by atoms with Gasteiger partial charge in [-0.25, -0.2) is 12.8 Å². The number of halogens is 4. The first kappa shape index (κ1) is 19.0. The lowest BCUT2D eigenvalue weighted by Gasteiger charge is -2.17. The van der Waals surface area contributed by atoms with Gasteiger partial charge >= 0.3 is 5.76 Å². The summed E-state index contributed by atoms with van der Waals surface area (Å²) in [7, 11) is -4.89. The third-order valence-electron chi connectivity index (χ3n) is 4.21. The molecule has 0 saturated heterocycles. The number of hydrogen-bond acceptors (Lipinski definition) is 4. The van der Waals surface area contributed by atoms with Gasteiger partial charge in [-0.05, 0) is 36.6 Å². The van der Waals surface area contributed by atoms with Gasteiger partial charge < -0.3 is 9.84 Å². The van der Waals surface area contributed by atoms with E-state index in [1.165, 1.54) is 12.1 Å². The molecule has 4 nitrogen and oxygen atoms in total. The Morgan fingerprint density at radius 2 is 1.92 bits per heavy atom. The van der Waals surface area contributed by atoms with Gasteiger partial charge in [0.05, 0.1) is 11.0 Å². The molecule has 0 fully saturated rings. The highest BCUT2D eigenvalue weighted by molar-refractivity contribution is 7.91. The van der Waals surface area contributed by atoms with E-state index >= 15 is 0 Å². The number of sulfone groups is 1. The third-order valence-corrected chi connectivity index (χ3v) is 5.87. The average molecular weight is 407 g/mol. The van der Waals surface area contributed by atoms with Gasteiger partial charge in [-0.3, -0.25) is 0 Å². The number of aliphatic hydroxyl groups excluding tert-OH is 1. The third kappa shape index (κ3) is 3.28. The lowest BCUT2D eigenvalue weighted by atomic mass is 10.0. The number of benzene rings is 2. The lowest BCUT2D eigenvalue weighted by molar-refractivity contribution is 0.171. The molecule has 2 atom stereocenters. The molecule has 1 aliphatic carbocycles. The Hall–Kier alpha value is -1.77. The minimum Gasteiger partial charge on any atom is -0.457 e. The van der Waals surface area contributed by atoms with Crippen molar-refractivity contribution in [3.05, 3.63) is 52.3 Å². The Balaban J connectivity index is 2.15. The maximum atomic E-state index is 13.5. The summed E-state index contributed by atoms with van der Waals surface area (Å²) in [5.74, 6) is -4.36. The quantitative estimate of drug-likeness (QED) is 0.791. The van der Waals surface area contributed by atoms with Crippen molar-refractivity contribution in [3.63, 3.8) is 0 Å². The fourth-order valence-electron chi connectivity index (χ4n) is 3.17. The lowest BCUT2D eigenvalue weighted by Crippen LogP contribution is -2.15. The van der Waals surface area contributed by atoms with E-state index in [1.807, 2.05) is 0 Å². The molecule has 2 aromatic rings. The fraction of sp³-hybridized carbons (Fsp3) is 0.294. The second-order valence-electron chi connectivity index (χ2n) is 6.05. The molecular formula is C17H14ClF3O4S. The van der Waals surface area contributed by atoms with Crippen molar-refractivity contribution in [2.24, 2.45) is 0 Å². The Morgan fingerprint density at radius 1 is 1.23 bits per heavy atom. The maximum absolute atomic E-state index is 13.5. The van der Waals surface area contributed by atoms with Crippen LogP contribution in [0.5, 0.6) is 11.5 Å². The summed E-state index contributed by atoms with van der Waals surface area (Å²) in [6.45, 7) is 1.71. The minimum atomic E-state index is -4.89. The summed E-state index contributed by atoms with van der Waals surface area (Å²) < 4.78 is 68.9. The highest BCUT2D eigenvalue weighted by Crippen LogP contribution is 2.49. The smallest absolute Gasteiger partial charge is 0.341 e. The van der Waals surface area contributed by atoms with Crippen LogP contribution in [0.25, 0.3) is 0 Å². The standard InChI is InChI=1S/C17H14ClF3O4S/c1-8-4-12(22)16-14(26(23,24)17(20)21)3-2-13(15(8)16)25-11-6-9(18)5-10(19)7-11/h2-3,5-8,12,17,22H,4H2,1H3/t8-,12+/m0/s1. The Bertz CT molecular complexity index is 942. The zero-order valence-corrected chi connectivity index (χ0v) is 15.0. The Kier molecular flexibility index (Phi) is 4.94. The van der Waals surface area contributed by atoms with Crippen molar-refractivity contribution < 1.29 is 31.4 Å². The molecule has 0 radical (unpaired) electrons. The van der Waals surface area contributed by atoms with E-state index in [9.17, 15) is 26.7 Å². The van der Waals surface area contributed by atoms with Crippen LogP contribution in [-0.4, -0.2) is 19.3 Å². The van der Waals surface area contributed by atoms with Gasteiger partial charge in [0.2, 0.25) is 9.84 Å². The molecule has 0 heterocycles. The molecule has 0 unspecified atom stereocenters. The topological polar surface area (TPSA) is 63.6 Å². The van der Waals surface area contributed by atoms with Crippen LogP contribution in [0.15, 0.2) is 35.2 Å². The molecule has 140 valence electrons. The van der Waals surface area contributed by atoms with Gasteiger partial charge in [0.25, 0.3) is 0 Å². The molecule has 26 heavy (non-hydrogen) atoms. The van der Waals surface area contributed by atoms with Crippen molar-refractivity contribution in [1.82, 2.24) is 0 Å². The number of ether oxygens (including phenoxy) is 1. The first-order chi connectivity index (χ1) is 12.1. The first-order valence-corrected chi connectivity index (χ1v) is 9.54. The molecule has 0 aliphatic heterocycles. The number of fused-ring (bicyclic) bond motifs is 1. The predicted molar refractivity (Wildman–Crippen MR) is 89.1 cm³/mol. The van der Waals surface area contributed by atoms with Crippen molar-refractivity contribution in [2.75, 3.05) is 0 Å². The molecule has 1 aliphatic rings. The van der Waals surface area contributed by atoms with Crippen LogP contribution >= 0.6 is 11.6 Å². The summed E-state index contributed by atoms with van der Waals surface area (Å²) in [5, 5.41) is 10.3. The van der Waals surface area contributed by atoms with Crippen LogP contribution in [0, 0.1) is 5.82 Å². The Morgan fingerprint density at radius 3 is 2.54 bits per heavy atom. The fourth-order valence-corrected chi connectivity index (χ4v) is 4.38. The highest BCUT2D eigenvalue weighted by atomic mass is 35.5. The van der Waals surface area contributed by atoms with E-state index in [1.54, 1.807) is 6.92 Å². The van der Waals surface area contributed by atoms with Crippen LogP contribution in [0.4, 0.5) is 13.2 Å². The van der Waals surface area contributed by atoms with Crippen LogP contribution in [-0.2, 0) is 9.84 Å². The van der Waals surface area contributed by atoms with E-state index in [0.717, 1.165) is 18.2 Å². The van der Waals surface area contributed by atoms with Crippen molar-refractivity contribution >= 4 is 21.4 Å². The molecule has 0 saturated carbocycles. The van der Waals surface area contributed by atoms with Gasteiger partial charge in [0.1, 0.15) is 17.3 Å². The molecule has 0 spiro atoms. The van der Waals surface area contributed by atoms with Crippen molar-refractivity contribution in [3.8, 4) is 11.5 Å². The summed E-state index contributed by atoms with van der Waals surface area (Å²) in [6.07, 6.45) is -1.06. The van der Waals surface area contributed by atoms with Gasteiger partial charge in [-0.15, -0.1) is 0 Å². The molecule has 2 aromatic carbocycles. The van der Waals surface area contributed by atoms with E-state index in [2.05, 4.69) is 0 Å². The number of rotatable bonds is 4. The van der Waals surface area contributed by atoms with Gasteiger partial charge in [-0.1, -0.05) is 18.5 Å². The monoisotopic (exact) mass is 406 g/mol. The van der Waals surface area contributed by atoms with Gasteiger partial charge in [0.15, 0.2) is 0 Å². The molecule has 1 N–H and O–H groups in total. The van der Waals surface area contributed by atoms with Crippen LogP contribution in [0.1, 0.15) is 36.5 Å². The summed E-state index contributed by atoms with van der Waals surface area (Å²) >= 11 is 5.78. The minimum absolute atomic E-state index is 0.0651. The van der Waals surface area contributed by atoms with Gasteiger partial charge in [0, 0.05) is 22.2 Å².